The fraction of sp³-hybridized carbons (Fsp3) is 0.471. The van der Waals surface area contributed by atoms with E-state index in [1.54, 1.807) is 17.9 Å². The van der Waals surface area contributed by atoms with Crippen LogP contribution in [0.2, 0.25) is 5.02 Å². The van der Waals surface area contributed by atoms with Crippen LogP contribution in [0, 0.1) is 0 Å². The number of methoxy groups -OCH3 is 1. The molecule has 9 heteroatoms. The monoisotopic (exact) mass is 399 g/mol. The van der Waals surface area contributed by atoms with Gasteiger partial charge in [-0.3, -0.25) is 4.79 Å². The summed E-state index contributed by atoms with van der Waals surface area (Å²) in [6.07, 6.45) is 2.13. The zero-order valence-electron chi connectivity index (χ0n) is 14.6. The summed E-state index contributed by atoms with van der Waals surface area (Å²) in [4.78, 5) is 16.8. The Bertz CT molecular complexity index is 734. The highest BCUT2D eigenvalue weighted by atomic mass is 35.5. The van der Waals surface area contributed by atoms with Gasteiger partial charge in [-0.2, -0.15) is 0 Å². The van der Waals surface area contributed by atoms with E-state index in [9.17, 15) is 4.79 Å². The highest BCUT2D eigenvalue weighted by Crippen LogP contribution is 2.40. The molecule has 142 valence electrons. The molecule has 3 rings (SSSR count). The molecule has 1 amide bonds. The Labute approximate surface area is 163 Å². The third-order valence-electron chi connectivity index (χ3n) is 3.93. The molecule has 1 aliphatic carbocycles. The summed E-state index contributed by atoms with van der Waals surface area (Å²) < 4.78 is 6.65. The molecular weight excluding hydrogens is 377 g/mol. The van der Waals surface area contributed by atoms with Gasteiger partial charge >= 0.3 is 0 Å². The lowest BCUT2D eigenvalue weighted by Gasteiger charge is -2.06. The summed E-state index contributed by atoms with van der Waals surface area (Å²) in [7, 11) is 1.65. The predicted molar refractivity (Wildman–Crippen MR) is 103 cm³/mol. The molecule has 1 aromatic carbocycles. The summed E-state index contributed by atoms with van der Waals surface area (Å²) >= 11 is 6.28. The van der Waals surface area contributed by atoms with E-state index in [-0.39, 0.29) is 24.1 Å². The van der Waals surface area contributed by atoms with Crippen LogP contribution in [0.25, 0.3) is 5.69 Å². The summed E-state index contributed by atoms with van der Waals surface area (Å²) in [5.74, 6) is 1.05. The van der Waals surface area contributed by atoms with E-state index in [0.717, 1.165) is 30.9 Å². The molecule has 7 nitrogen and oxygen atoms in total. The molecule has 0 saturated heterocycles. The number of halogens is 2. The van der Waals surface area contributed by atoms with Crippen LogP contribution in [0.15, 0.2) is 24.3 Å². The van der Waals surface area contributed by atoms with E-state index in [0.29, 0.717) is 30.6 Å². The minimum Gasteiger partial charge on any atom is -0.383 e. The average Bonchev–Trinajstić information content (AvgIpc) is 3.37. The summed E-state index contributed by atoms with van der Waals surface area (Å²) in [5, 5.41) is 11.0. The number of carbonyl (C=O) groups excluding carboxylic acids is 1. The minimum absolute atomic E-state index is 0. The van der Waals surface area contributed by atoms with Gasteiger partial charge in [-0.15, -0.1) is 17.5 Å². The molecule has 0 unspecified atom stereocenters. The first kappa shape index (κ1) is 20.6. The van der Waals surface area contributed by atoms with Gasteiger partial charge in [-0.25, -0.2) is 9.67 Å². The largest absolute Gasteiger partial charge is 0.383 e. The summed E-state index contributed by atoms with van der Waals surface area (Å²) in [6, 6.07) is 7.44. The number of carbonyl (C=O) groups is 1. The van der Waals surface area contributed by atoms with Gasteiger partial charge in [0.2, 0.25) is 5.82 Å². The van der Waals surface area contributed by atoms with Gasteiger partial charge in [-0.05, 0) is 25.0 Å². The maximum atomic E-state index is 12.3. The molecule has 1 aliphatic rings. The van der Waals surface area contributed by atoms with Crippen LogP contribution in [0.4, 0.5) is 0 Å². The standard InChI is InChI=1S/C17H22ClN5O2.ClH/c1-25-11-10-19-8-9-20-17(24)15-21-16(12-6-7-12)23(22-15)14-5-3-2-4-13(14)18;/h2-5,12,19H,6-11H2,1H3,(H,20,24);1H. The quantitative estimate of drug-likeness (QED) is 0.631. The Morgan fingerprint density at radius 2 is 2.08 bits per heavy atom. The van der Waals surface area contributed by atoms with E-state index in [1.807, 2.05) is 18.2 Å². The van der Waals surface area contributed by atoms with Crippen molar-refractivity contribution in [1.82, 2.24) is 25.4 Å². The SMILES string of the molecule is COCCNCCNC(=O)c1nc(C2CC2)n(-c2ccccc2Cl)n1.Cl. The normalized spacial score (nSPS) is 13.3. The van der Waals surface area contributed by atoms with Crippen molar-refractivity contribution >= 4 is 29.9 Å². The molecule has 2 aromatic rings. The van der Waals surface area contributed by atoms with Gasteiger partial charge in [-0.1, -0.05) is 23.7 Å². The maximum Gasteiger partial charge on any atom is 0.291 e. The van der Waals surface area contributed by atoms with Gasteiger partial charge in [0.1, 0.15) is 5.82 Å². The lowest BCUT2D eigenvalue weighted by atomic mass is 10.3. The van der Waals surface area contributed by atoms with E-state index in [2.05, 4.69) is 20.7 Å². The Kier molecular flexibility index (Phi) is 7.84. The lowest BCUT2D eigenvalue weighted by Crippen LogP contribution is -2.33. The Hall–Kier alpha value is -1.67. The molecule has 0 aliphatic heterocycles. The topological polar surface area (TPSA) is 81.1 Å². The number of amides is 1. The third-order valence-corrected chi connectivity index (χ3v) is 4.25. The number of rotatable bonds is 9. The van der Waals surface area contributed by atoms with Crippen molar-refractivity contribution in [3.05, 3.63) is 40.9 Å². The third kappa shape index (κ3) is 5.17. The Balaban J connectivity index is 0.00000243. The van der Waals surface area contributed by atoms with Gasteiger partial charge in [0.15, 0.2) is 0 Å². The van der Waals surface area contributed by atoms with Crippen LogP contribution in [-0.4, -0.2) is 54.0 Å². The molecule has 1 saturated carbocycles. The van der Waals surface area contributed by atoms with E-state index < -0.39 is 0 Å². The maximum absolute atomic E-state index is 12.3. The van der Waals surface area contributed by atoms with Crippen molar-refractivity contribution in [3.8, 4) is 5.69 Å². The van der Waals surface area contributed by atoms with Crippen LogP contribution in [-0.2, 0) is 4.74 Å². The molecule has 2 N–H and O–H groups in total. The number of aromatic nitrogens is 3. The van der Waals surface area contributed by atoms with Gasteiger partial charge in [0, 0.05) is 32.7 Å². The van der Waals surface area contributed by atoms with Gasteiger partial charge in [0.05, 0.1) is 17.3 Å². The first-order chi connectivity index (χ1) is 12.2. The number of benzene rings is 1. The van der Waals surface area contributed by atoms with E-state index in [4.69, 9.17) is 16.3 Å². The molecule has 0 radical (unpaired) electrons. The molecule has 1 fully saturated rings. The van der Waals surface area contributed by atoms with Crippen LogP contribution >= 0.6 is 24.0 Å². The minimum atomic E-state index is -0.277. The van der Waals surface area contributed by atoms with E-state index in [1.165, 1.54) is 0 Å². The number of hydrogen-bond donors (Lipinski definition) is 2. The molecule has 1 heterocycles. The van der Waals surface area contributed by atoms with Crippen LogP contribution < -0.4 is 10.6 Å². The van der Waals surface area contributed by atoms with Gasteiger partial charge < -0.3 is 15.4 Å². The highest BCUT2D eigenvalue weighted by Gasteiger charge is 2.31. The molecular formula is C17H23Cl2N5O2. The zero-order valence-corrected chi connectivity index (χ0v) is 16.1. The fourth-order valence-electron chi connectivity index (χ4n) is 2.47. The predicted octanol–water partition coefficient (Wildman–Crippen LogP) is 2.19. The first-order valence-electron chi connectivity index (χ1n) is 8.40. The van der Waals surface area contributed by atoms with Crippen molar-refractivity contribution in [3.63, 3.8) is 0 Å². The molecule has 0 bridgehead atoms. The first-order valence-corrected chi connectivity index (χ1v) is 8.78. The van der Waals surface area contributed by atoms with E-state index >= 15 is 0 Å². The van der Waals surface area contributed by atoms with Crippen molar-refractivity contribution in [2.45, 2.75) is 18.8 Å². The summed E-state index contributed by atoms with van der Waals surface area (Å²) in [5.41, 5.74) is 0.749. The van der Waals surface area contributed by atoms with Crippen molar-refractivity contribution in [1.29, 1.82) is 0 Å². The molecule has 0 spiro atoms. The fourth-order valence-corrected chi connectivity index (χ4v) is 2.69. The number of hydrogen-bond acceptors (Lipinski definition) is 5. The summed E-state index contributed by atoms with van der Waals surface area (Å²) in [6.45, 7) is 2.55. The van der Waals surface area contributed by atoms with Crippen LogP contribution in [0.3, 0.4) is 0 Å². The number of ether oxygens (including phenoxy) is 1. The highest BCUT2D eigenvalue weighted by molar-refractivity contribution is 6.32. The molecule has 1 aromatic heterocycles. The Morgan fingerprint density at radius 1 is 1.31 bits per heavy atom. The van der Waals surface area contributed by atoms with Gasteiger partial charge in [0.25, 0.3) is 5.91 Å². The van der Waals surface area contributed by atoms with Crippen molar-refractivity contribution in [2.75, 3.05) is 33.4 Å². The number of para-hydroxylation sites is 1. The second-order valence-corrected chi connectivity index (χ2v) is 6.34. The number of nitrogens with zero attached hydrogens (tertiary/aromatic N) is 3. The average molecular weight is 400 g/mol. The second kappa shape index (κ2) is 9.87. The molecule has 26 heavy (non-hydrogen) atoms. The lowest BCUT2D eigenvalue weighted by molar-refractivity contribution is 0.0943. The zero-order chi connectivity index (χ0) is 17.6. The van der Waals surface area contributed by atoms with Crippen LogP contribution in [0.1, 0.15) is 35.2 Å². The van der Waals surface area contributed by atoms with Crippen LogP contribution in [0.5, 0.6) is 0 Å². The van der Waals surface area contributed by atoms with Crippen molar-refractivity contribution < 1.29 is 9.53 Å². The second-order valence-electron chi connectivity index (χ2n) is 5.93. The molecule has 0 atom stereocenters. The Morgan fingerprint density at radius 3 is 2.77 bits per heavy atom. The van der Waals surface area contributed by atoms with Crippen molar-refractivity contribution in [2.24, 2.45) is 0 Å². The number of nitrogens with one attached hydrogen (secondary N) is 2. The smallest absolute Gasteiger partial charge is 0.291 e.